The maximum atomic E-state index is 13.7. The molecular formula is C34H53NO7. The predicted molar refractivity (Wildman–Crippen MR) is 165 cm³/mol. The summed E-state index contributed by atoms with van der Waals surface area (Å²) in [5, 5.41) is 0. The Balaban J connectivity index is 1.97. The van der Waals surface area contributed by atoms with Gasteiger partial charge in [-0.1, -0.05) is 37.6 Å². The summed E-state index contributed by atoms with van der Waals surface area (Å²) in [5.41, 5.74) is 3.13. The highest BCUT2D eigenvalue weighted by molar-refractivity contribution is 5.70. The monoisotopic (exact) mass is 587 g/mol. The molecule has 0 aromatic heterocycles. The van der Waals surface area contributed by atoms with Crippen LogP contribution >= 0.6 is 0 Å². The van der Waals surface area contributed by atoms with Gasteiger partial charge in [-0.2, -0.15) is 0 Å². The Morgan fingerprint density at radius 3 is 2.45 bits per heavy atom. The van der Waals surface area contributed by atoms with Crippen LogP contribution in [0.15, 0.2) is 47.1 Å². The first-order valence-electron chi connectivity index (χ1n) is 15.2. The molecule has 0 N–H and O–H groups in total. The summed E-state index contributed by atoms with van der Waals surface area (Å²) in [6.07, 6.45) is 4.09. The van der Waals surface area contributed by atoms with Crippen LogP contribution in [0.5, 0.6) is 5.75 Å². The molecule has 1 amide bonds. The molecule has 3 atom stereocenters. The molecule has 0 radical (unpaired) electrons. The van der Waals surface area contributed by atoms with Gasteiger partial charge < -0.3 is 28.4 Å². The number of carbonyl (C=O) groups is 1. The summed E-state index contributed by atoms with van der Waals surface area (Å²) in [6, 6.07) is 7.41. The Morgan fingerprint density at radius 1 is 1.17 bits per heavy atom. The van der Waals surface area contributed by atoms with E-state index in [1.165, 1.54) is 11.1 Å². The third-order valence-corrected chi connectivity index (χ3v) is 7.57. The van der Waals surface area contributed by atoms with Crippen LogP contribution in [0, 0.1) is 5.92 Å². The minimum atomic E-state index is -0.900. The zero-order valence-electron chi connectivity index (χ0n) is 27.5. The molecule has 8 nitrogen and oxygen atoms in total. The fraction of sp³-hybridized carbons (Fsp3) is 0.676. The van der Waals surface area contributed by atoms with Crippen molar-refractivity contribution in [2.45, 2.75) is 111 Å². The number of amides is 1. The molecule has 0 bridgehead atoms. The zero-order valence-corrected chi connectivity index (χ0v) is 27.5. The number of hydrogen-bond acceptors (Lipinski definition) is 7. The molecule has 0 aliphatic carbocycles. The van der Waals surface area contributed by atoms with Crippen LogP contribution in [0.2, 0.25) is 0 Å². The highest BCUT2D eigenvalue weighted by Gasteiger charge is 2.51. The van der Waals surface area contributed by atoms with Crippen molar-refractivity contribution < 1.29 is 33.2 Å². The summed E-state index contributed by atoms with van der Waals surface area (Å²) >= 11 is 0. The first kappa shape index (κ1) is 34.1. The molecule has 0 saturated carbocycles. The lowest BCUT2D eigenvalue weighted by Gasteiger charge is -2.34. The molecule has 1 aromatic rings. The lowest BCUT2D eigenvalue weighted by molar-refractivity contribution is -0.0939. The van der Waals surface area contributed by atoms with Gasteiger partial charge >= 0.3 is 6.09 Å². The fourth-order valence-electron chi connectivity index (χ4n) is 5.57. The molecule has 42 heavy (non-hydrogen) atoms. The van der Waals surface area contributed by atoms with E-state index in [2.05, 4.69) is 26.8 Å². The Bertz CT molecular complexity index is 1080. The van der Waals surface area contributed by atoms with Crippen molar-refractivity contribution in [1.82, 2.24) is 4.90 Å². The number of benzene rings is 1. The van der Waals surface area contributed by atoms with Gasteiger partial charge in [-0.15, -0.1) is 0 Å². The summed E-state index contributed by atoms with van der Waals surface area (Å²) in [7, 11) is 3.38. The van der Waals surface area contributed by atoms with Crippen molar-refractivity contribution in [2.75, 3.05) is 34.0 Å². The van der Waals surface area contributed by atoms with Crippen LogP contribution < -0.4 is 4.74 Å². The van der Waals surface area contributed by atoms with E-state index in [4.69, 9.17) is 28.4 Å². The van der Waals surface area contributed by atoms with Gasteiger partial charge in [0.05, 0.1) is 39.1 Å². The predicted octanol–water partition coefficient (Wildman–Crippen LogP) is 7.07. The van der Waals surface area contributed by atoms with Crippen LogP contribution in [0.3, 0.4) is 0 Å². The van der Waals surface area contributed by atoms with Crippen molar-refractivity contribution in [1.29, 1.82) is 0 Å². The van der Waals surface area contributed by atoms with E-state index in [0.29, 0.717) is 32.3 Å². The SMILES string of the molecule is COCCC/C(C)=C1\CO[C@@H](CC(C)C)\C1=C/[C@@H]1[C@@H](COCc2ccc(OC)cc2)OC(C)(C)N1C(=O)OC(C)(C)C. The van der Waals surface area contributed by atoms with Crippen molar-refractivity contribution in [3.8, 4) is 5.75 Å². The average Bonchev–Trinajstić information content (AvgIpc) is 3.39. The normalized spacial score (nSPS) is 24.5. The van der Waals surface area contributed by atoms with Crippen LogP contribution in [0.4, 0.5) is 4.79 Å². The molecular weight excluding hydrogens is 534 g/mol. The maximum Gasteiger partial charge on any atom is 0.413 e. The number of methoxy groups -OCH3 is 2. The first-order chi connectivity index (χ1) is 19.8. The van der Waals surface area contributed by atoms with E-state index in [0.717, 1.165) is 36.1 Å². The summed E-state index contributed by atoms with van der Waals surface area (Å²) in [5.74, 6) is 1.25. The van der Waals surface area contributed by atoms with Crippen molar-refractivity contribution in [3.63, 3.8) is 0 Å². The largest absolute Gasteiger partial charge is 0.497 e. The van der Waals surface area contributed by atoms with E-state index in [1.807, 2.05) is 58.9 Å². The molecule has 236 valence electrons. The van der Waals surface area contributed by atoms with E-state index in [1.54, 1.807) is 19.1 Å². The highest BCUT2D eigenvalue weighted by Crippen LogP contribution is 2.39. The van der Waals surface area contributed by atoms with Crippen molar-refractivity contribution in [3.05, 3.63) is 52.6 Å². The quantitative estimate of drug-likeness (QED) is 0.242. The molecule has 2 aliphatic heterocycles. The van der Waals surface area contributed by atoms with E-state index < -0.39 is 29.6 Å². The maximum absolute atomic E-state index is 13.7. The second-order valence-electron chi connectivity index (χ2n) is 13.2. The molecule has 8 heteroatoms. The van der Waals surface area contributed by atoms with Gasteiger partial charge in [0.25, 0.3) is 0 Å². The number of allylic oxidation sites excluding steroid dienone is 1. The smallest absolute Gasteiger partial charge is 0.413 e. The van der Waals surface area contributed by atoms with Crippen LogP contribution in [0.1, 0.15) is 80.2 Å². The number of carbonyl (C=O) groups excluding carboxylic acids is 1. The Hall–Kier alpha value is -2.39. The van der Waals surface area contributed by atoms with E-state index in [9.17, 15) is 4.79 Å². The Labute approximate surface area is 253 Å². The van der Waals surface area contributed by atoms with Crippen molar-refractivity contribution >= 4 is 6.09 Å². The van der Waals surface area contributed by atoms with E-state index in [-0.39, 0.29) is 6.10 Å². The van der Waals surface area contributed by atoms with Gasteiger partial charge in [-0.05, 0) is 95.6 Å². The van der Waals surface area contributed by atoms with Crippen molar-refractivity contribution in [2.24, 2.45) is 5.92 Å². The van der Waals surface area contributed by atoms with Crippen LogP contribution in [-0.2, 0) is 30.3 Å². The summed E-state index contributed by atoms with van der Waals surface area (Å²) < 4.78 is 35.6. The molecule has 0 spiro atoms. The van der Waals surface area contributed by atoms with Crippen LogP contribution in [0.25, 0.3) is 0 Å². The van der Waals surface area contributed by atoms with E-state index >= 15 is 0 Å². The minimum Gasteiger partial charge on any atom is -0.497 e. The number of nitrogens with zero attached hydrogens (tertiary/aromatic N) is 1. The van der Waals surface area contributed by atoms with Gasteiger partial charge in [-0.3, -0.25) is 4.90 Å². The molecule has 2 heterocycles. The second-order valence-corrected chi connectivity index (χ2v) is 13.2. The fourth-order valence-corrected chi connectivity index (χ4v) is 5.57. The lowest BCUT2D eigenvalue weighted by Crippen LogP contribution is -2.50. The first-order valence-corrected chi connectivity index (χ1v) is 15.2. The molecule has 3 rings (SSSR count). The van der Waals surface area contributed by atoms with Gasteiger partial charge in [0, 0.05) is 13.7 Å². The molecule has 2 aliphatic rings. The number of ether oxygens (including phenoxy) is 6. The standard InChI is InChI=1S/C34H53NO7/c1-23(2)18-30-27(28(21-40-30)24(3)12-11-17-37-9)19-29-31(22-39-20-25-13-15-26(38-10)16-14-25)41-34(7,8)35(29)32(36)42-33(4,5)6/h13-16,19,23,29-31H,11-12,17-18,20-22H2,1-10H3/b27-19-,28-24+/t29-,30+,31-/m1/s1. The Kier molecular flexibility index (Phi) is 12.1. The van der Waals surface area contributed by atoms with Gasteiger partial charge in [-0.25, -0.2) is 4.79 Å². The van der Waals surface area contributed by atoms with Crippen LogP contribution in [-0.4, -0.2) is 74.6 Å². The summed E-state index contributed by atoms with van der Waals surface area (Å²) in [4.78, 5) is 15.4. The third-order valence-electron chi connectivity index (χ3n) is 7.57. The molecule has 1 aromatic carbocycles. The molecule has 2 saturated heterocycles. The lowest BCUT2D eigenvalue weighted by atomic mass is 9.90. The summed E-state index contributed by atoms with van der Waals surface area (Å²) in [6.45, 7) is 18.1. The van der Waals surface area contributed by atoms with Gasteiger partial charge in [0.2, 0.25) is 0 Å². The molecule has 0 unspecified atom stereocenters. The van der Waals surface area contributed by atoms with Gasteiger partial charge in [0.15, 0.2) is 0 Å². The number of hydrogen-bond donors (Lipinski definition) is 0. The topological polar surface area (TPSA) is 75.7 Å². The zero-order chi connectivity index (χ0) is 31.1. The Morgan fingerprint density at radius 2 is 1.86 bits per heavy atom. The number of rotatable bonds is 12. The average molecular weight is 588 g/mol. The molecule has 2 fully saturated rings. The third kappa shape index (κ3) is 9.30. The second kappa shape index (κ2) is 14.9. The minimum absolute atomic E-state index is 0.0533. The highest BCUT2D eigenvalue weighted by atomic mass is 16.6. The van der Waals surface area contributed by atoms with Gasteiger partial charge in [0.1, 0.15) is 23.2 Å².